The van der Waals surface area contributed by atoms with Crippen LogP contribution in [-0.2, 0) is 41.6 Å². The summed E-state index contributed by atoms with van der Waals surface area (Å²) in [5.74, 6) is -2.25. The van der Waals surface area contributed by atoms with Crippen LogP contribution in [-0.4, -0.2) is 66.7 Å². The third kappa shape index (κ3) is 6.26. The summed E-state index contributed by atoms with van der Waals surface area (Å²) in [6, 6.07) is 24.7. The van der Waals surface area contributed by atoms with Gasteiger partial charge in [0.05, 0.1) is 67.0 Å². The number of methoxy groups -OCH3 is 3. The van der Waals surface area contributed by atoms with Crippen LogP contribution in [0.4, 0.5) is 5.69 Å². The number of phenolic OH excluding ortho intramolecular Hbond substituents is 1. The molecule has 7 aromatic rings. The molecule has 2 N–H and O–H groups in total. The third-order valence-electron chi connectivity index (χ3n) is 13.4. The number of fused-ring (bicyclic) bond motifs is 6. The maximum atomic E-state index is 15.7. The number of rotatable bonds is 10. The van der Waals surface area contributed by atoms with E-state index < -0.39 is 52.0 Å². The zero-order valence-electron chi connectivity index (χ0n) is 36.0. The number of halogens is 2. The molecule has 66 heavy (non-hydrogen) atoms. The molecule has 2 aromatic heterocycles. The largest absolute Gasteiger partial charge is 0.507 e. The molecule has 18 heteroatoms. The predicted molar refractivity (Wildman–Crippen MR) is 247 cm³/mol. The number of anilines is 1. The van der Waals surface area contributed by atoms with Gasteiger partial charge in [0.25, 0.3) is 17.4 Å². The molecule has 16 nitrogen and oxygen atoms in total. The van der Waals surface area contributed by atoms with E-state index in [1.807, 2.05) is 24.3 Å². The van der Waals surface area contributed by atoms with Crippen molar-refractivity contribution in [3.05, 3.63) is 161 Å². The zero-order chi connectivity index (χ0) is 46.3. The maximum absolute atomic E-state index is 15.7. The van der Waals surface area contributed by atoms with Gasteiger partial charge in [0.2, 0.25) is 0 Å². The van der Waals surface area contributed by atoms with Crippen molar-refractivity contribution in [1.82, 2.24) is 28.5 Å². The van der Waals surface area contributed by atoms with Gasteiger partial charge >= 0.3 is 11.4 Å². The Hall–Kier alpha value is -7.30. The summed E-state index contributed by atoms with van der Waals surface area (Å²) in [7, 11) is 6.10. The van der Waals surface area contributed by atoms with Crippen LogP contribution in [0.15, 0.2) is 117 Å². The Balaban J connectivity index is 1.13. The molecular weight excluding hydrogens is 889 g/mol. The molecule has 4 heterocycles. The minimum atomic E-state index is -1.72. The van der Waals surface area contributed by atoms with E-state index in [9.17, 15) is 19.5 Å². The Morgan fingerprint density at radius 3 is 2.33 bits per heavy atom. The van der Waals surface area contributed by atoms with E-state index in [-0.39, 0.29) is 48.1 Å². The fourth-order valence-electron chi connectivity index (χ4n) is 10.3. The van der Waals surface area contributed by atoms with Crippen LogP contribution in [0.1, 0.15) is 35.2 Å². The number of hydrogen-bond acceptors (Lipinski definition) is 11. The van der Waals surface area contributed by atoms with Crippen LogP contribution in [0.2, 0.25) is 10.0 Å². The summed E-state index contributed by atoms with van der Waals surface area (Å²) < 4.78 is 21.5. The molecule has 0 radical (unpaired) electrons. The first-order valence-electron chi connectivity index (χ1n) is 21.0. The molecule has 4 unspecified atom stereocenters. The number of amides is 2. The highest BCUT2D eigenvalue weighted by Crippen LogP contribution is 2.63. The lowest BCUT2D eigenvalue weighted by atomic mass is 9.53. The van der Waals surface area contributed by atoms with E-state index in [4.69, 9.17) is 37.4 Å². The van der Waals surface area contributed by atoms with Gasteiger partial charge in [0.1, 0.15) is 17.2 Å². The first-order chi connectivity index (χ1) is 31.8. The number of aryl methyl sites for hydroxylation is 2. The van der Waals surface area contributed by atoms with E-state index in [0.29, 0.717) is 55.4 Å². The normalized spacial score (nSPS) is 19.9. The number of carbonyl (C=O) groups excluding carboxylic acids is 2. The molecule has 1 saturated heterocycles. The van der Waals surface area contributed by atoms with Gasteiger partial charge in [-0.15, -0.1) is 0 Å². The van der Waals surface area contributed by atoms with Gasteiger partial charge in [-0.25, -0.2) is 28.5 Å². The average molecular weight is 931 g/mol. The quantitative estimate of drug-likeness (QED) is 0.119. The number of aromatic nitrogens is 5. The lowest BCUT2D eigenvalue weighted by Crippen LogP contribution is -2.53. The van der Waals surface area contributed by atoms with Crippen molar-refractivity contribution in [2.45, 2.75) is 43.3 Å². The summed E-state index contributed by atoms with van der Waals surface area (Å²) >= 11 is 12.8. The number of imide groups is 1. The molecule has 2 fully saturated rings. The monoisotopic (exact) mass is 929 g/mol. The summed E-state index contributed by atoms with van der Waals surface area (Å²) in [5, 5.41) is 15.0. The Bertz CT molecular complexity index is 3410. The van der Waals surface area contributed by atoms with Gasteiger partial charge in [0.15, 0.2) is 11.5 Å². The van der Waals surface area contributed by atoms with Crippen molar-refractivity contribution >= 4 is 62.5 Å². The van der Waals surface area contributed by atoms with E-state index in [0.717, 1.165) is 15.0 Å². The van der Waals surface area contributed by atoms with Gasteiger partial charge in [-0.05, 0) is 53.3 Å². The van der Waals surface area contributed by atoms with E-state index >= 15 is 9.59 Å². The topological polar surface area (TPSA) is 181 Å². The van der Waals surface area contributed by atoms with Gasteiger partial charge in [0, 0.05) is 54.0 Å². The average Bonchev–Trinajstić information content (AvgIpc) is 3.70. The number of hydrogen-bond donors (Lipinski definition) is 2. The highest BCUT2D eigenvalue weighted by Gasteiger charge is 2.69. The Morgan fingerprint density at radius 1 is 0.864 bits per heavy atom. The second kappa shape index (κ2) is 16.0. The number of ether oxygens (including phenoxy) is 3. The molecule has 1 saturated carbocycles. The minimum Gasteiger partial charge on any atom is -0.507 e. The van der Waals surface area contributed by atoms with Crippen LogP contribution in [0, 0.1) is 5.92 Å². The Labute approximate surface area is 385 Å². The highest BCUT2D eigenvalue weighted by molar-refractivity contribution is 6.36. The molecule has 1 aliphatic carbocycles. The van der Waals surface area contributed by atoms with Crippen molar-refractivity contribution in [2.24, 2.45) is 13.0 Å². The van der Waals surface area contributed by atoms with E-state index in [2.05, 4.69) is 10.4 Å². The molecule has 5 aromatic carbocycles. The van der Waals surface area contributed by atoms with Gasteiger partial charge in [-0.3, -0.25) is 19.8 Å². The van der Waals surface area contributed by atoms with Crippen molar-refractivity contribution in [3.8, 4) is 23.0 Å². The van der Waals surface area contributed by atoms with E-state index in [1.165, 1.54) is 41.3 Å². The minimum absolute atomic E-state index is 0.0707. The van der Waals surface area contributed by atoms with Crippen LogP contribution >= 0.6 is 23.2 Å². The molecule has 3 aliphatic rings. The number of benzene rings is 5. The lowest BCUT2D eigenvalue weighted by Gasteiger charge is -2.49. The number of nitrogens with zero attached hydrogens (tertiary/aromatic N) is 6. The molecule has 0 spiro atoms. The molecule has 336 valence electrons. The van der Waals surface area contributed by atoms with Crippen LogP contribution in [0.25, 0.3) is 21.8 Å². The van der Waals surface area contributed by atoms with Crippen molar-refractivity contribution in [1.29, 1.82) is 0 Å². The molecule has 10 rings (SSSR count). The summed E-state index contributed by atoms with van der Waals surface area (Å²) in [6.07, 6.45) is 1.64. The van der Waals surface area contributed by atoms with Crippen LogP contribution in [0.3, 0.4) is 0 Å². The number of allylic oxidation sites excluding steroid dienone is 2. The summed E-state index contributed by atoms with van der Waals surface area (Å²) in [4.78, 5) is 78.3. The Kier molecular flexibility index (Phi) is 10.3. The van der Waals surface area contributed by atoms with Gasteiger partial charge in [-0.2, -0.15) is 5.01 Å². The number of phenols is 1. The standard InChI is InChI=1S/C48H41Cl2N7O9/c1-53-38-24-40(66-4)39(65-3)23-36(38)51-35(44(53)60)18-19-54-46(62)55-20-17-30-37(57(55)47(54)63)22-32-43(59)56(52-34-16-12-27(49)21-33(34)50)45(61)48(32,26-10-13-28(64-2)14-11-26)41(30)31-15-9-25-7-5-6-8-29(25)42(31)58/h5-17,21,23-24,32,37,41,52,58H,18-20,22H2,1-4H3. The first-order valence-corrected chi connectivity index (χ1v) is 21.8. The van der Waals surface area contributed by atoms with Gasteiger partial charge < -0.3 is 23.9 Å². The van der Waals surface area contributed by atoms with Crippen molar-refractivity contribution in [3.63, 3.8) is 0 Å². The van der Waals surface area contributed by atoms with Crippen molar-refractivity contribution < 1.29 is 28.9 Å². The molecule has 4 atom stereocenters. The lowest BCUT2D eigenvalue weighted by molar-refractivity contribution is -0.138. The highest BCUT2D eigenvalue weighted by atomic mass is 35.5. The number of aromatic hydroxyl groups is 1. The fourth-order valence-corrected chi connectivity index (χ4v) is 10.7. The summed E-state index contributed by atoms with van der Waals surface area (Å²) in [5.41, 5.74) is 2.18. The van der Waals surface area contributed by atoms with Crippen molar-refractivity contribution in [2.75, 3.05) is 26.8 Å². The number of hydrazine groups is 1. The second-order valence-electron chi connectivity index (χ2n) is 16.5. The fraction of sp³-hybridized carbons (Fsp3) is 0.250. The van der Waals surface area contributed by atoms with Crippen LogP contribution in [0.5, 0.6) is 23.0 Å². The molecule has 2 amide bonds. The smallest absolute Gasteiger partial charge is 0.347 e. The van der Waals surface area contributed by atoms with E-state index in [1.54, 1.807) is 73.8 Å². The SMILES string of the molecule is COc1ccc(C23C(=O)N(Nc4ccc(Cl)cc4Cl)C(=O)C2CC2C(=CCn4c(=O)n(CCc5nc6cc(OC)c(OC)cc6n(C)c5=O)c(=O)n42)C3c2ccc3ccccc3c2O)cc1. The Morgan fingerprint density at radius 2 is 1.61 bits per heavy atom. The van der Waals surface area contributed by atoms with Gasteiger partial charge in [-0.1, -0.05) is 77.8 Å². The number of carbonyl (C=O) groups is 2. The zero-order valence-corrected chi connectivity index (χ0v) is 37.5. The molecule has 0 bridgehead atoms. The van der Waals surface area contributed by atoms with Crippen LogP contribution < -0.4 is 36.6 Å². The predicted octanol–water partition coefficient (Wildman–Crippen LogP) is 6.11. The number of nitrogens with one attached hydrogen (secondary N) is 1. The summed E-state index contributed by atoms with van der Waals surface area (Å²) in [6.45, 7) is -0.276. The molecular formula is C48H41Cl2N7O9. The second-order valence-corrected chi connectivity index (χ2v) is 17.3. The molecule has 2 aliphatic heterocycles. The third-order valence-corrected chi connectivity index (χ3v) is 13.9. The first kappa shape index (κ1) is 42.6. The maximum Gasteiger partial charge on any atom is 0.347 e.